The molecular formula is C22H29Cl2N3O2SSi. The van der Waals surface area contributed by atoms with Crippen molar-refractivity contribution in [2.45, 2.75) is 56.9 Å². The van der Waals surface area contributed by atoms with Gasteiger partial charge in [-0.05, 0) is 31.0 Å². The third kappa shape index (κ3) is 5.63. The molecule has 31 heavy (non-hydrogen) atoms. The maximum Gasteiger partial charge on any atom is 0.189 e. The van der Waals surface area contributed by atoms with Gasteiger partial charge in [0.1, 0.15) is 5.75 Å². The van der Waals surface area contributed by atoms with Crippen LogP contribution in [0.1, 0.15) is 36.8 Å². The second-order valence-corrected chi connectivity index (χ2v) is 16.4. The van der Waals surface area contributed by atoms with Crippen LogP contribution >= 0.6 is 35.4 Å². The van der Waals surface area contributed by atoms with Gasteiger partial charge in [0.2, 0.25) is 0 Å². The SMILES string of the molecule is C[Si](C)(C)CCOCOc1ccc(Cl)c(Cl)c1C1CC(=S)N(c2cnn(C3CC3)c2)C1. The number of halogens is 2. The summed E-state index contributed by atoms with van der Waals surface area (Å²) >= 11 is 18.7. The summed E-state index contributed by atoms with van der Waals surface area (Å²) in [6.07, 6.45) is 7.11. The summed E-state index contributed by atoms with van der Waals surface area (Å²) in [4.78, 5) is 3.03. The molecule has 1 aromatic carbocycles. The molecule has 2 heterocycles. The Labute approximate surface area is 200 Å². The standard InChI is InChI=1S/C22H29Cl2N3O2SSi/c1-31(2,3)9-8-28-14-29-19-7-6-18(23)22(24)21(19)15-10-20(30)26(12-15)17-11-25-27(13-17)16-4-5-16/h6-7,11,13,15-16H,4-5,8-10,12,14H2,1-3H3. The highest BCUT2D eigenvalue weighted by Crippen LogP contribution is 2.44. The van der Waals surface area contributed by atoms with Crippen molar-refractivity contribution < 1.29 is 9.47 Å². The van der Waals surface area contributed by atoms with E-state index in [0.717, 1.165) is 35.2 Å². The van der Waals surface area contributed by atoms with Crippen LogP contribution in [0.25, 0.3) is 0 Å². The number of anilines is 1. The van der Waals surface area contributed by atoms with Crippen LogP contribution in [-0.4, -0.2) is 42.8 Å². The predicted molar refractivity (Wildman–Crippen MR) is 134 cm³/mol. The first-order valence-corrected chi connectivity index (χ1v) is 15.6. The minimum Gasteiger partial charge on any atom is -0.467 e. The van der Waals surface area contributed by atoms with E-state index in [1.54, 1.807) is 6.07 Å². The molecule has 2 aromatic rings. The van der Waals surface area contributed by atoms with E-state index in [2.05, 4.69) is 35.8 Å². The summed E-state index contributed by atoms with van der Waals surface area (Å²) in [7, 11) is -1.13. The molecule has 0 radical (unpaired) electrons. The summed E-state index contributed by atoms with van der Waals surface area (Å²) in [6.45, 7) is 8.62. The molecule has 0 amide bonds. The van der Waals surface area contributed by atoms with Gasteiger partial charge < -0.3 is 14.4 Å². The monoisotopic (exact) mass is 497 g/mol. The molecule has 2 fully saturated rings. The van der Waals surface area contributed by atoms with Crippen molar-refractivity contribution >= 4 is 54.2 Å². The molecule has 0 spiro atoms. The highest BCUT2D eigenvalue weighted by atomic mass is 35.5. The van der Waals surface area contributed by atoms with Crippen molar-refractivity contribution in [2.24, 2.45) is 0 Å². The summed E-state index contributed by atoms with van der Waals surface area (Å²) in [5, 5.41) is 5.56. The molecule has 0 N–H and O–H groups in total. The molecule has 9 heteroatoms. The van der Waals surface area contributed by atoms with Crippen LogP contribution in [0, 0.1) is 0 Å². The molecule has 1 unspecified atom stereocenters. The number of rotatable bonds is 9. The zero-order valence-electron chi connectivity index (χ0n) is 18.2. The highest BCUT2D eigenvalue weighted by Gasteiger charge is 2.34. The average Bonchev–Trinajstić information content (AvgIpc) is 3.31. The molecule has 0 bridgehead atoms. The van der Waals surface area contributed by atoms with Gasteiger partial charge >= 0.3 is 0 Å². The molecule has 5 nitrogen and oxygen atoms in total. The van der Waals surface area contributed by atoms with Gasteiger partial charge in [-0.3, -0.25) is 4.68 Å². The van der Waals surface area contributed by atoms with Crippen LogP contribution in [-0.2, 0) is 4.74 Å². The topological polar surface area (TPSA) is 39.5 Å². The van der Waals surface area contributed by atoms with Gasteiger partial charge in [-0.25, -0.2) is 0 Å². The minimum atomic E-state index is -1.13. The van der Waals surface area contributed by atoms with E-state index in [1.807, 2.05) is 16.9 Å². The predicted octanol–water partition coefficient (Wildman–Crippen LogP) is 6.54. The molecule has 1 aliphatic heterocycles. The van der Waals surface area contributed by atoms with Crippen molar-refractivity contribution in [3.05, 3.63) is 40.1 Å². The minimum absolute atomic E-state index is 0.0972. The van der Waals surface area contributed by atoms with Gasteiger partial charge in [0, 0.05) is 45.3 Å². The van der Waals surface area contributed by atoms with Gasteiger partial charge in [0.05, 0.1) is 33.0 Å². The number of thiocarbonyl (C=S) groups is 1. The first-order valence-electron chi connectivity index (χ1n) is 10.8. The molecule has 1 aromatic heterocycles. The molecule has 2 aliphatic rings. The Morgan fingerprint density at radius 1 is 1.23 bits per heavy atom. The van der Waals surface area contributed by atoms with Crippen molar-refractivity contribution in [3.63, 3.8) is 0 Å². The number of nitrogens with zero attached hydrogens (tertiary/aromatic N) is 3. The largest absolute Gasteiger partial charge is 0.467 e. The van der Waals surface area contributed by atoms with Crippen molar-refractivity contribution in [1.29, 1.82) is 0 Å². The van der Waals surface area contributed by atoms with Crippen LogP contribution < -0.4 is 9.64 Å². The quantitative estimate of drug-likeness (QED) is 0.170. The van der Waals surface area contributed by atoms with Gasteiger partial charge in [0.15, 0.2) is 6.79 Å². The van der Waals surface area contributed by atoms with Crippen LogP contribution in [0.15, 0.2) is 24.5 Å². The van der Waals surface area contributed by atoms with Crippen LogP contribution in [0.3, 0.4) is 0 Å². The van der Waals surface area contributed by atoms with Gasteiger partial charge in [-0.15, -0.1) is 0 Å². The third-order valence-corrected chi connectivity index (χ3v) is 8.65. The van der Waals surface area contributed by atoms with Gasteiger partial charge in [-0.2, -0.15) is 5.10 Å². The average molecular weight is 499 g/mol. The van der Waals surface area contributed by atoms with Crippen LogP contribution in [0.4, 0.5) is 5.69 Å². The molecule has 168 valence electrons. The first kappa shape index (κ1) is 23.0. The first-order chi connectivity index (χ1) is 14.7. The number of aromatic nitrogens is 2. The smallest absolute Gasteiger partial charge is 0.189 e. The van der Waals surface area contributed by atoms with Crippen molar-refractivity contribution in [3.8, 4) is 5.75 Å². The van der Waals surface area contributed by atoms with E-state index < -0.39 is 8.07 Å². The molecule has 1 saturated heterocycles. The maximum atomic E-state index is 6.65. The van der Waals surface area contributed by atoms with E-state index >= 15 is 0 Å². The summed E-state index contributed by atoms with van der Waals surface area (Å²) < 4.78 is 13.8. The lowest BCUT2D eigenvalue weighted by atomic mass is 9.97. The second kappa shape index (κ2) is 9.39. The number of hydrogen-bond acceptors (Lipinski definition) is 4. The maximum absolute atomic E-state index is 6.65. The Bertz CT molecular complexity index is 959. The molecule has 1 saturated carbocycles. The number of ether oxygens (including phenoxy) is 2. The Morgan fingerprint density at radius 3 is 2.71 bits per heavy atom. The van der Waals surface area contributed by atoms with Gasteiger partial charge in [0.25, 0.3) is 0 Å². The Balaban J connectivity index is 1.46. The lowest BCUT2D eigenvalue weighted by molar-refractivity contribution is 0.0213. The van der Waals surface area contributed by atoms with Crippen molar-refractivity contribution in [2.75, 3.05) is 24.8 Å². The van der Waals surface area contributed by atoms with E-state index in [-0.39, 0.29) is 12.7 Å². The van der Waals surface area contributed by atoms with E-state index in [4.69, 9.17) is 44.9 Å². The Hall–Kier alpha value is -1.12. The number of benzene rings is 1. The molecule has 1 atom stereocenters. The van der Waals surface area contributed by atoms with Crippen molar-refractivity contribution in [1.82, 2.24) is 9.78 Å². The normalized spacial score (nSPS) is 19.3. The summed E-state index contributed by atoms with van der Waals surface area (Å²) in [5.41, 5.74) is 1.94. The van der Waals surface area contributed by atoms with Crippen LogP contribution in [0.5, 0.6) is 5.75 Å². The van der Waals surface area contributed by atoms with Crippen LogP contribution in [0.2, 0.25) is 35.7 Å². The fraction of sp³-hybridized carbons (Fsp3) is 0.545. The fourth-order valence-electron chi connectivity index (χ4n) is 3.75. The van der Waals surface area contributed by atoms with Gasteiger partial charge in [-0.1, -0.05) is 55.1 Å². The summed E-state index contributed by atoms with van der Waals surface area (Å²) in [5.74, 6) is 0.811. The summed E-state index contributed by atoms with van der Waals surface area (Å²) in [6, 6.07) is 5.30. The second-order valence-electron chi connectivity index (χ2n) is 9.57. The zero-order chi connectivity index (χ0) is 22.2. The highest BCUT2D eigenvalue weighted by molar-refractivity contribution is 7.80. The van der Waals surface area contributed by atoms with E-state index in [0.29, 0.717) is 28.4 Å². The zero-order valence-corrected chi connectivity index (χ0v) is 21.6. The Morgan fingerprint density at radius 2 is 2.00 bits per heavy atom. The number of hydrogen-bond donors (Lipinski definition) is 0. The van der Waals surface area contributed by atoms with E-state index in [9.17, 15) is 0 Å². The lowest BCUT2D eigenvalue weighted by Crippen LogP contribution is -2.23. The third-order valence-electron chi connectivity index (χ3n) is 5.74. The molecule has 4 rings (SSSR count). The lowest BCUT2D eigenvalue weighted by Gasteiger charge is -2.20. The fourth-order valence-corrected chi connectivity index (χ4v) is 5.37. The van der Waals surface area contributed by atoms with E-state index in [1.165, 1.54) is 12.8 Å². The molecular weight excluding hydrogens is 469 g/mol. The Kier molecular flexibility index (Phi) is 6.98. The molecule has 1 aliphatic carbocycles.